The van der Waals surface area contributed by atoms with Crippen molar-refractivity contribution in [3.8, 4) is 0 Å². The fourth-order valence-electron chi connectivity index (χ4n) is 1.72. The predicted octanol–water partition coefficient (Wildman–Crippen LogP) is 0.0958. The van der Waals surface area contributed by atoms with Crippen LogP contribution in [-0.4, -0.2) is 49.3 Å². The summed E-state index contributed by atoms with van der Waals surface area (Å²) in [6, 6.07) is 0. The number of nitrogens with two attached hydrogens (primary N) is 1. The molecule has 1 aliphatic rings. The second kappa shape index (κ2) is 5.52. The molecule has 0 saturated carbocycles. The summed E-state index contributed by atoms with van der Waals surface area (Å²) in [6.45, 7) is 1.01. The van der Waals surface area contributed by atoms with E-state index in [0.29, 0.717) is 0 Å². The van der Waals surface area contributed by atoms with Crippen LogP contribution in [0.15, 0.2) is 23.4 Å². The van der Waals surface area contributed by atoms with Gasteiger partial charge in [0, 0.05) is 33.4 Å². The standard InChI is InChI=1S/C12H19N3O2/c1-14(2)12(17)10(11(13)16)7-6-9-5-4-8-15(9)3/h6-7H,4-5,8H2,1-3H3,(H2,13,16)/b9-6+,10-7-. The summed E-state index contributed by atoms with van der Waals surface area (Å²) in [4.78, 5) is 26.3. The zero-order chi connectivity index (χ0) is 13.0. The van der Waals surface area contributed by atoms with E-state index in [1.165, 1.54) is 11.0 Å². The van der Waals surface area contributed by atoms with Crippen LogP contribution in [0.2, 0.25) is 0 Å². The van der Waals surface area contributed by atoms with Crippen molar-refractivity contribution < 1.29 is 9.59 Å². The van der Waals surface area contributed by atoms with E-state index in [9.17, 15) is 9.59 Å². The maximum Gasteiger partial charge on any atom is 0.258 e. The number of hydrogen-bond donors (Lipinski definition) is 1. The average Bonchev–Trinajstić information content (AvgIpc) is 2.63. The largest absolute Gasteiger partial charge is 0.378 e. The number of allylic oxidation sites excluding steroid dienone is 3. The van der Waals surface area contributed by atoms with Crippen molar-refractivity contribution in [1.29, 1.82) is 0 Å². The van der Waals surface area contributed by atoms with E-state index < -0.39 is 5.91 Å². The third-order valence-electron chi connectivity index (χ3n) is 2.76. The lowest BCUT2D eigenvalue weighted by atomic mass is 10.2. The predicted molar refractivity (Wildman–Crippen MR) is 65.9 cm³/mol. The number of hydrogen-bond acceptors (Lipinski definition) is 3. The topological polar surface area (TPSA) is 66.6 Å². The Morgan fingerprint density at radius 2 is 2.06 bits per heavy atom. The van der Waals surface area contributed by atoms with E-state index in [1.807, 2.05) is 7.05 Å². The summed E-state index contributed by atoms with van der Waals surface area (Å²) in [7, 11) is 5.17. The van der Waals surface area contributed by atoms with Gasteiger partial charge in [0.15, 0.2) is 0 Å². The van der Waals surface area contributed by atoms with E-state index in [1.54, 1.807) is 20.2 Å². The van der Waals surface area contributed by atoms with Crippen LogP contribution in [0.1, 0.15) is 12.8 Å². The summed E-state index contributed by atoms with van der Waals surface area (Å²) in [5, 5.41) is 0. The summed E-state index contributed by atoms with van der Waals surface area (Å²) in [5.41, 5.74) is 6.33. The molecule has 0 aromatic carbocycles. The Kier molecular flexibility index (Phi) is 4.31. The lowest BCUT2D eigenvalue weighted by Crippen LogP contribution is -2.30. The van der Waals surface area contributed by atoms with Gasteiger partial charge in [-0.15, -0.1) is 0 Å². The van der Waals surface area contributed by atoms with E-state index >= 15 is 0 Å². The van der Waals surface area contributed by atoms with Gasteiger partial charge in [0.2, 0.25) is 0 Å². The lowest BCUT2D eigenvalue weighted by molar-refractivity contribution is -0.127. The number of likely N-dealkylation sites (tertiary alicyclic amines) is 1. The highest BCUT2D eigenvalue weighted by atomic mass is 16.2. The second-order valence-corrected chi connectivity index (χ2v) is 4.33. The summed E-state index contributed by atoms with van der Waals surface area (Å²) in [6.07, 6.45) is 5.38. The fraction of sp³-hybridized carbons (Fsp3) is 0.500. The van der Waals surface area contributed by atoms with Crippen molar-refractivity contribution in [2.24, 2.45) is 5.73 Å². The molecular formula is C12H19N3O2. The van der Waals surface area contributed by atoms with Crippen molar-refractivity contribution in [2.45, 2.75) is 12.8 Å². The monoisotopic (exact) mass is 237 g/mol. The first-order chi connectivity index (χ1) is 7.93. The van der Waals surface area contributed by atoms with Gasteiger partial charge < -0.3 is 15.5 Å². The van der Waals surface area contributed by atoms with Gasteiger partial charge in [-0.3, -0.25) is 9.59 Å². The fourth-order valence-corrected chi connectivity index (χ4v) is 1.72. The number of rotatable bonds is 3. The Balaban J connectivity index is 2.92. The molecule has 0 aromatic heterocycles. The van der Waals surface area contributed by atoms with Gasteiger partial charge in [-0.1, -0.05) is 0 Å². The molecule has 5 heteroatoms. The number of nitrogens with zero attached hydrogens (tertiary/aromatic N) is 2. The highest BCUT2D eigenvalue weighted by Gasteiger charge is 2.17. The quantitative estimate of drug-likeness (QED) is 0.430. The van der Waals surface area contributed by atoms with Gasteiger partial charge in [0.05, 0.1) is 0 Å². The Hall–Kier alpha value is -1.78. The molecule has 0 bridgehead atoms. The lowest BCUT2D eigenvalue weighted by Gasteiger charge is -2.13. The Labute approximate surface area is 102 Å². The Bertz CT molecular complexity index is 383. The first-order valence-corrected chi connectivity index (χ1v) is 5.57. The van der Waals surface area contributed by atoms with E-state index in [2.05, 4.69) is 4.90 Å². The number of carbonyl (C=O) groups is 2. The van der Waals surface area contributed by atoms with Crippen LogP contribution in [0.25, 0.3) is 0 Å². The summed E-state index contributed by atoms with van der Waals surface area (Å²) < 4.78 is 0. The van der Waals surface area contributed by atoms with Crippen molar-refractivity contribution >= 4 is 11.8 Å². The molecular weight excluding hydrogens is 218 g/mol. The number of amides is 2. The van der Waals surface area contributed by atoms with Crippen molar-refractivity contribution in [3.05, 3.63) is 23.4 Å². The minimum atomic E-state index is -0.693. The molecule has 94 valence electrons. The minimum Gasteiger partial charge on any atom is -0.378 e. The molecule has 0 atom stereocenters. The van der Waals surface area contributed by atoms with E-state index in [-0.39, 0.29) is 11.5 Å². The van der Waals surface area contributed by atoms with Crippen LogP contribution in [0.4, 0.5) is 0 Å². The van der Waals surface area contributed by atoms with E-state index in [4.69, 9.17) is 5.73 Å². The molecule has 1 fully saturated rings. The van der Waals surface area contributed by atoms with Gasteiger partial charge in [-0.2, -0.15) is 0 Å². The summed E-state index contributed by atoms with van der Waals surface area (Å²) in [5.74, 6) is -1.06. The smallest absolute Gasteiger partial charge is 0.258 e. The van der Waals surface area contributed by atoms with Crippen LogP contribution < -0.4 is 5.73 Å². The SMILES string of the molecule is CN(C)C(=O)/C(=C\C=C1/CCCN1C)C(N)=O. The normalized spacial score (nSPS) is 18.6. The number of primary amides is 1. The molecule has 1 heterocycles. The van der Waals surface area contributed by atoms with Crippen LogP contribution in [0.5, 0.6) is 0 Å². The van der Waals surface area contributed by atoms with Gasteiger partial charge in [0.25, 0.3) is 11.8 Å². The molecule has 2 N–H and O–H groups in total. The first-order valence-electron chi connectivity index (χ1n) is 5.57. The molecule has 0 radical (unpaired) electrons. The molecule has 1 aliphatic heterocycles. The molecule has 1 saturated heterocycles. The Morgan fingerprint density at radius 3 is 2.47 bits per heavy atom. The van der Waals surface area contributed by atoms with Gasteiger partial charge >= 0.3 is 0 Å². The number of carbonyl (C=O) groups excluding carboxylic acids is 2. The third-order valence-corrected chi connectivity index (χ3v) is 2.76. The third kappa shape index (κ3) is 3.34. The zero-order valence-corrected chi connectivity index (χ0v) is 10.6. The number of likely N-dealkylation sites (N-methyl/N-ethyl adjacent to an activating group) is 1. The highest BCUT2D eigenvalue weighted by Crippen LogP contribution is 2.18. The Morgan fingerprint density at radius 1 is 1.41 bits per heavy atom. The second-order valence-electron chi connectivity index (χ2n) is 4.33. The maximum atomic E-state index is 11.7. The molecule has 5 nitrogen and oxygen atoms in total. The van der Waals surface area contributed by atoms with Crippen molar-refractivity contribution in [1.82, 2.24) is 9.80 Å². The van der Waals surface area contributed by atoms with Crippen LogP contribution in [-0.2, 0) is 9.59 Å². The first kappa shape index (κ1) is 13.3. The van der Waals surface area contributed by atoms with Crippen LogP contribution in [0.3, 0.4) is 0 Å². The molecule has 0 aromatic rings. The highest BCUT2D eigenvalue weighted by molar-refractivity contribution is 6.17. The van der Waals surface area contributed by atoms with Crippen LogP contribution in [0, 0.1) is 0 Å². The average molecular weight is 237 g/mol. The minimum absolute atomic E-state index is 0.0165. The van der Waals surface area contributed by atoms with Crippen LogP contribution >= 0.6 is 0 Å². The van der Waals surface area contributed by atoms with Crippen molar-refractivity contribution in [3.63, 3.8) is 0 Å². The molecule has 1 rings (SSSR count). The summed E-state index contributed by atoms with van der Waals surface area (Å²) >= 11 is 0. The molecule has 0 unspecified atom stereocenters. The van der Waals surface area contributed by atoms with E-state index in [0.717, 1.165) is 25.1 Å². The van der Waals surface area contributed by atoms with Gasteiger partial charge in [-0.25, -0.2) is 0 Å². The molecule has 17 heavy (non-hydrogen) atoms. The molecule has 2 amide bonds. The zero-order valence-electron chi connectivity index (χ0n) is 10.6. The molecule has 0 spiro atoms. The van der Waals surface area contributed by atoms with Gasteiger partial charge in [-0.05, 0) is 25.0 Å². The van der Waals surface area contributed by atoms with Gasteiger partial charge in [0.1, 0.15) is 5.57 Å². The molecule has 0 aliphatic carbocycles. The van der Waals surface area contributed by atoms with Crippen molar-refractivity contribution in [2.75, 3.05) is 27.7 Å². The maximum absolute atomic E-state index is 11.7.